The van der Waals surface area contributed by atoms with Crippen molar-refractivity contribution in [3.63, 3.8) is 0 Å². The molecule has 0 aliphatic heterocycles. The highest BCUT2D eigenvalue weighted by Crippen LogP contribution is 2.26. The molecule has 0 amide bonds. The maximum Gasteiger partial charge on any atom is 0.241 e. The van der Waals surface area contributed by atoms with Gasteiger partial charge >= 0.3 is 0 Å². The van der Waals surface area contributed by atoms with E-state index in [0.29, 0.717) is 11.3 Å². The molecule has 17 heavy (non-hydrogen) atoms. The zero-order valence-corrected chi connectivity index (χ0v) is 9.49. The van der Waals surface area contributed by atoms with Crippen LogP contribution in [0.2, 0.25) is 5.02 Å². The molecule has 0 unspecified atom stereocenters. The van der Waals surface area contributed by atoms with Crippen LogP contribution in [0.1, 0.15) is 5.56 Å². The molecule has 0 fully saturated rings. The monoisotopic (exact) mass is 253 g/mol. The summed E-state index contributed by atoms with van der Waals surface area (Å²) in [6, 6.07) is 4.39. The molecule has 2 rings (SSSR count). The van der Waals surface area contributed by atoms with E-state index in [4.69, 9.17) is 22.1 Å². The molecule has 0 radical (unpaired) electrons. The molecule has 4 nitrogen and oxygen atoms in total. The van der Waals surface area contributed by atoms with Gasteiger partial charge in [-0.2, -0.15) is 0 Å². The average molecular weight is 254 g/mol. The van der Waals surface area contributed by atoms with Gasteiger partial charge in [-0.1, -0.05) is 17.7 Å². The van der Waals surface area contributed by atoms with Gasteiger partial charge in [-0.15, -0.1) is 0 Å². The number of rotatable bonds is 3. The Morgan fingerprint density at radius 1 is 1.41 bits per heavy atom. The van der Waals surface area contributed by atoms with Crippen LogP contribution in [0.25, 0.3) is 0 Å². The summed E-state index contributed by atoms with van der Waals surface area (Å²) in [5.74, 6) is 0.0667. The highest BCUT2D eigenvalue weighted by molar-refractivity contribution is 6.31. The van der Waals surface area contributed by atoms with Gasteiger partial charge in [0.15, 0.2) is 0 Å². The molecule has 1 aromatic carbocycles. The molecule has 88 valence electrons. The maximum atomic E-state index is 13.4. The first-order valence-corrected chi connectivity index (χ1v) is 5.20. The first-order chi connectivity index (χ1) is 8.20. The normalized spacial score (nSPS) is 10.3. The summed E-state index contributed by atoms with van der Waals surface area (Å²) in [7, 11) is 0. The fourth-order valence-electron chi connectivity index (χ4n) is 1.25. The van der Waals surface area contributed by atoms with Crippen LogP contribution in [0.5, 0.6) is 11.6 Å². The zero-order chi connectivity index (χ0) is 12.3. The fourth-order valence-corrected chi connectivity index (χ4v) is 1.39. The first kappa shape index (κ1) is 11.8. The molecule has 0 saturated carbocycles. The lowest BCUT2D eigenvalue weighted by Crippen LogP contribution is -2.00. The van der Waals surface area contributed by atoms with Crippen molar-refractivity contribution in [2.24, 2.45) is 5.73 Å². The lowest BCUT2D eigenvalue weighted by atomic mass is 10.2. The van der Waals surface area contributed by atoms with Gasteiger partial charge in [-0.05, 0) is 6.07 Å². The summed E-state index contributed by atoms with van der Waals surface area (Å²) >= 11 is 5.81. The Balaban J connectivity index is 2.25. The predicted octanol–water partition coefficient (Wildman–Crippen LogP) is 2.52. The number of halogens is 2. The van der Waals surface area contributed by atoms with Gasteiger partial charge in [0.25, 0.3) is 0 Å². The van der Waals surface area contributed by atoms with E-state index in [2.05, 4.69) is 9.97 Å². The molecule has 0 aliphatic rings. The van der Waals surface area contributed by atoms with Crippen LogP contribution < -0.4 is 10.5 Å². The van der Waals surface area contributed by atoms with E-state index in [1.165, 1.54) is 18.6 Å². The highest BCUT2D eigenvalue weighted by Gasteiger charge is 2.07. The van der Waals surface area contributed by atoms with Crippen LogP contribution in [0.4, 0.5) is 4.39 Å². The third kappa shape index (κ3) is 2.69. The number of nitrogens with zero attached hydrogens (tertiary/aromatic N) is 2. The molecule has 6 heteroatoms. The number of benzene rings is 1. The summed E-state index contributed by atoms with van der Waals surface area (Å²) in [5.41, 5.74) is 5.78. The molecule has 1 aromatic heterocycles. The lowest BCUT2D eigenvalue weighted by Gasteiger charge is -2.07. The van der Waals surface area contributed by atoms with Gasteiger partial charge in [-0.3, -0.25) is 0 Å². The molecule has 0 aliphatic carbocycles. The lowest BCUT2D eigenvalue weighted by molar-refractivity contribution is 0.456. The number of aromatic nitrogens is 2. The van der Waals surface area contributed by atoms with Crippen molar-refractivity contribution in [2.75, 3.05) is 0 Å². The van der Waals surface area contributed by atoms with Gasteiger partial charge in [0, 0.05) is 18.2 Å². The van der Waals surface area contributed by atoms with E-state index in [1.807, 2.05) is 0 Å². The average Bonchev–Trinajstić information content (AvgIpc) is 2.32. The Hall–Kier alpha value is -1.72. The second kappa shape index (κ2) is 5.07. The van der Waals surface area contributed by atoms with Gasteiger partial charge in [0.05, 0.1) is 6.20 Å². The predicted molar refractivity (Wildman–Crippen MR) is 61.4 cm³/mol. The van der Waals surface area contributed by atoms with Gasteiger partial charge in [0.1, 0.15) is 22.9 Å². The van der Waals surface area contributed by atoms with Crippen molar-refractivity contribution < 1.29 is 9.13 Å². The van der Waals surface area contributed by atoms with Crippen LogP contribution in [0, 0.1) is 5.82 Å². The first-order valence-electron chi connectivity index (χ1n) is 4.82. The Morgan fingerprint density at radius 3 is 2.88 bits per heavy atom. The molecular formula is C11H9ClFN3O. The van der Waals surface area contributed by atoms with Crippen LogP contribution >= 0.6 is 11.6 Å². The molecule has 0 saturated heterocycles. The van der Waals surface area contributed by atoms with Crippen molar-refractivity contribution in [3.8, 4) is 11.6 Å². The smallest absolute Gasteiger partial charge is 0.241 e. The number of ether oxygens (including phenoxy) is 1. The second-order valence-corrected chi connectivity index (χ2v) is 3.64. The minimum atomic E-state index is -0.421. The SMILES string of the molecule is NCc1ccc(Oc2ncncc2Cl)cc1F. The van der Waals surface area contributed by atoms with Crippen molar-refractivity contribution in [1.29, 1.82) is 0 Å². The third-order valence-corrected chi connectivity index (χ3v) is 2.35. The Kier molecular flexibility index (Phi) is 3.51. The topological polar surface area (TPSA) is 61.0 Å². The van der Waals surface area contributed by atoms with Crippen LogP contribution in [-0.2, 0) is 6.54 Å². The Morgan fingerprint density at radius 2 is 2.24 bits per heavy atom. The van der Waals surface area contributed by atoms with E-state index in [9.17, 15) is 4.39 Å². The summed E-state index contributed by atoms with van der Waals surface area (Å²) in [5, 5.41) is 0.260. The van der Waals surface area contributed by atoms with Gasteiger partial charge in [0.2, 0.25) is 5.88 Å². The van der Waals surface area contributed by atoms with E-state index >= 15 is 0 Å². The van der Waals surface area contributed by atoms with Crippen molar-refractivity contribution >= 4 is 11.6 Å². The molecule has 0 bridgehead atoms. The summed E-state index contributed by atoms with van der Waals surface area (Å²) < 4.78 is 18.8. The largest absolute Gasteiger partial charge is 0.437 e. The number of hydrogen-bond acceptors (Lipinski definition) is 4. The molecule has 1 heterocycles. The Bertz CT molecular complexity index is 536. The standard InChI is InChI=1S/C11H9ClFN3O/c12-9-5-15-6-16-11(9)17-8-2-1-7(4-14)10(13)3-8/h1-3,5-6H,4,14H2. The minimum absolute atomic E-state index is 0.139. The van der Waals surface area contributed by atoms with Crippen LogP contribution in [0.15, 0.2) is 30.7 Å². The van der Waals surface area contributed by atoms with Crippen molar-refractivity contribution in [2.45, 2.75) is 6.54 Å². The van der Waals surface area contributed by atoms with Crippen LogP contribution in [-0.4, -0.2) is 9.97 Å². The van der Waals surface area contributed by atoms with Gasteiger partial charge < -0.3 is 10.5 Å². The quantitative estimate of drug-likeness (QED) is 0.913. The summed E-state index contributed by atoms with van der Waals surface area (Å²) in [4.78, 5) is 7.55. The molecule has 2 N–H and O–H groups in total. The summed E-state index contributed by atoms with van der Waals surface area (Å²) in [6.07, 6.45) is 2.69. The van der Waals surface area contributed by atoms with E-state index < -0.39 is 5.82 Å². The highest BCUT2D eigenvalue weighted by atomic mass is 35.5. The van der Waals surface area contributed by atoms with Crippen molar-refractivity contribution in [1.82, 2.24) is 9.97 Å². The minimum Gasteiger partial charge on any atom is -0.437 e. The number of nitrogens with two attached hydrogens (primary N) is 1. The third-order valence-electron chi connectivity index (χ3n) is 2.09. The molecular weight excluding hydrogens is 245 g/mol. The van der Waals surface area contributed by atoms with Gasteiger partial charge in [-0.25, -0.2) is 14.4 Å². The van der Waals surface area contributed by atoms with E-state index in [-0.39, 0.29) is 17.4 Å². The second-order valence-electron chi connectivity index (χ2n) is 3.24. The van der Waals surface area contributed by atoms with Crippen molar-refractivity contribution in [3.05, 3.63) is 47.1 Å². The van der Waals surface area contributed by atoms with E-state index in [0.717, 1.165) is 0 Å². The zero-order valence-electron chi connectivity index (χ0n) is 8.73. The molecule has 0 spiro atoms. The number of hydrogen-bond donors (Lipinski definition) is 1. The van der Waals surface area contributed by atoms with E-state index in [1.54, 1.807) is 12.1 Å². The molecule has 2 aromatic rings. The molecule has 0 atom stereocenters. The van der Waals surface area contributed by atoms with Crippen LogP contribution in [0.3, 0.4) is 0 Å². The summed E-state index contributed by atoms with van der Waals surface area (Å²) in [6.45, 7) is 0.139. The maximum absolute atomic E-state index is 13.4. The Labute approximate surface area is 102 Å². The fraction of sp³-hybridized carbons (Fsp3) is 0.0909.